The van der Waals surface area contributed by atoms with Gasteiger partial charge in [-0.1, -0.05) is 0 Å². The third kappa shape index (κ3) is 2.64. The number of ketones is 1. The van der Waals surface area contributed by atoms with E-state index < -0.39 is 0 Å². The smallest absolute Gasteiger partial charge is 0.234 e. The third-order valence-electron chi connectivity index (χ3n) is 2.50. The van der Waals surface area contributed by atoms with Gasteiger partial charge in [-0.15, -0.1) is 0 Å². The topological polar surface area (TPSA) is 46.6 Å². The van der Waals surface area contributed by atoms with Crippen molar-refractivity contribution in [2.45, 2.75) is 26.4 Å². The lowest BCUT2D eigenvalue weighted by atomic mass is 10.3. The lowest BCUT2D eigenvalue weighted by molar-refractivity contribution is -0.121. The molecule has 1 amide bonds. The Kier molecular flexibility index (Phi) is 3.13. The first kappa shape index (κ1) is 11.6. The fourth-order valence-electron chi connectivity index (χ4n) is 1.80. The monoisotopic (exact) mass is 233 g/mol. The molecule has 0 spiro atoms. The van der Waals surface area contributed by atoms with Crippen molar-refractivity contribution in [2.75, 3.05) is 11.4 Å². The number of rotatable bonds is 3. The van der Waals surface area contributed by atoms with E-state index in [1.807, 2.05) is 26.0 Å². The molecule has 0 atom stereocenters. The van der Waals surface area contributed by atoms with E-state index in [0.717, 1.165) is 11.4 Å². The number of carbonyl (C=O) groups is 2. The van der Waals surface area contributed by atoms with Gasteiger partial charge >= 0.3 is 0 Å². The minimum Gasteiger partial charge on any atom is -0.491 e. The van der Waals surface area contributed by atoms with Crippen LogP contribution in [0.1, 0.15) is 20.3 Å². The van der Waals surface area contributed by atoms with Crippen molar-refractivity contribution in [1.82, 2.24) is 0 Å². The first-order chi connectivity index (χ1) is 8.06. The van der Waals surface area contributed by atoms with Gasteiger partial charge in [-0.2, -0.15) is 0 Å². The van der Waals surface area contributed by atoms with E-state index in [2.05, 4.69) is 0 Å². The Morgan fingerprint density at radius 3 is 2.29 bits per heavy atom. The van der Waals surface area contributed by atoms with E-state index in [9.17, 15) is 9.59 Å². The maximum atomic E-state index is 11.5. The summed E-state index contributed by atoms with van der Waals surface area (Å²) in [5, 5.41) is 0. The molecular formula is C13H15NO3. The molecule has 1 heterocycles. The normalized spacial score (nSPS) is 15.8. The number of hydrogen-bond acceptors (Lipinski definition) is 3. The predicted molar refractivity (Wildman–Crippen MR) is 64.2 cm³/mol. The lowest BCUT2D eigenvalue weighted by Gasteiger charge is -2.16. The summed E-state index contributed by atoms with van der Waals surface area (Å²) in [6.07, 6.45) is 0.139. The average molecular weight is 233 g/mol. The quantitative estimate of drug-likeness (QED) is 0.748. The molecule has 0 N–H and O–H groups in total. The summed E-state index contributed by atoms with van der Waals surface area (Å²) >= 11 is 0. The molecule has 1 aliphatic rings. The Morgan fingerprint density at radius 2 is 1.82 bits per heavy atom. The maximum absolute atomic E-state index is 11.5. The lowest BCUT2D eigenvalue weighted by Crippen LogP contribution is -2.24. The van der Waals surface area contributed by atoms with E-state index >= 15 is 0 Å². The second-order valence-electron chi connectivity index (χ2n) is 4.36. The molecule has 0 bridgehead atoms. The molecule has 0 aromatic heterocycles. The van der Waals surface area contributed by atoms with E-state index in [-0.39, 0.29) is 30.8 Å². The largest absolute Gasteiger partial charge is 0.491 e. The number of benzene rings is 1. The number of nitrogens with zero attached hydrogens (tertiary/aromatic N) is 1. The first-order valence-electron chi connectivity index (χ1n) is 5.65. The molecule has 4 nitrogen and oxygen atoms in total. The minimum atomic E-state index is -0.132. The average Bonchev–Trinajstić information content (AvgIpc) is 2.58. The van der Waals surface area contributed by atoms with Crippen molar-refractivity contribution in [3.63, 3.8) is 0 Å². The summed E-state index contributed by atoms with van der Waals surface area (Å²) < 4.78 is 5.51. The Hall–Kier alpha value is -1.84. The van der Waals surface area contributed by atoms with Gasteiger partial charge in [-0.3, -0.25) is 9.59 Å². The van der Waals surface area contributed by atoms with E-state index in [4.69, 9.17) is 4.74 Å². The highest BCUT2D eigenvalue weighted by Gasteiger charge is 2.28. The molecule has 1 aromatic rings. The van der Waals surface area contributed by atoms with Gasteiger partial charge in [0.25, 0.3) is 0 Å². The zero-order valence-electron chi connectivity index (χ0n) is 9.97. The van der Waals surface area contributed by atoms with Crippen LogP contribution in [0.3, 0.4) is 0 Å². The molecule has 4 heteroatoms. The summed E-state index contributed by atoms with van der Waals surface area (Å²) in [6.45, 7) is 4.09. The molecule has 1 aromatic carbocycles. The van der Waals surface area contributed by atoms with Crippen LogP contribution in [0.15, 0.2) is 24.3 Å². The van der Waals surface area contributed by atoms with Gasteiger partial charge in [0.1, 0.15) is 5.75 Å². The van der Waals surface area contributed by atoms with Gasteiger partial charge in [0, 0.05) is 5.69 Å². The molecule has 1 fully saturated rings. The number of ether oxygens (including phenoxy) is 1. The molecule has 0 aliphatic carbocycles. The summed E-state index contributed by atoms with van der Waals surface area (Å²) in [7, 11) is 0. The van der Waals surface area contributed by atoms with Crippen LogP contribution in [-0.4, -0.2) is 24.3 Å². The second-order valence-corrected chi connectivity index (χ2v) is 4.36. The van der Waals surface area contributed by atoms with Crippen LogP contribution in [0.2, 0.25) is 0 Å². The molecule has 0 unspecified atom stereocenters. The summed E-state index contributed by atoms with van der Waals surface area (Å²) in [4.78, 5) is 24.2. The summed E-state index contributed by atoms with van der Waals surface area (Å²) in [5.41, 5.74) is 0.747. The van der Waals surface area contributed by atoms with E-state index in [1.165, 1.54) is 4.90 Å². The molecule has 0 radical (unpaired) electrons. The highest BCUT2D eigenvalue weighted by atomic mass is 16.5. The van der Waals surface area contributed by atoms with Gasteiger partial charge in [-0.05, 0) is 38.1 Å². The van der Waals surface area contributed by atoms with Crippen molar-refractivity contribution in [1.29, 1.82) is 0 Å². The highest BCUT2D eigenvalue weighted by Crippen LogP contribution is 2.23. The van der Waals surface area contributed by atoms with Crippen LogP contribution in [0, 0.1) is 0 Å². The van der Waals surface area contributed by atoms with Crippen molar-refractivity contribution in [3.8, 4) is 5.75 Å². The van der Waals surface area contributed by atoms with Crippen LogP contribution >= 0.6 is 0 Å². The van der Waals surface area contributed by atoms with Gasteiger partial charge in [-0.25, -0.2) is 0 Å². The third-order valence-corrected chi connectivity index (χ3v) is 2.50. The van der Waals surface area contributed by atoms with Crippen LogP contribution in [0.5, 0.6) is 5.75 Å². The van der Waals surface area contributed by atoms with Crippen molar-refractivity contribution >= 4 is 17.4 Å². The number of hydrogen-bond donors (Lipinski definition) is 0. The second kappa shape index (κ2) is 4.57. The Bertz CT molecular complexity index is 436. The number of carbonyl (C=O) groups excluding carboxylic acids is 2. The van der Waals surface area contributed by atoms with Crippen molar-refractivity contribution < 1.29 is 14.3 Å². The molecule has 90 valence electrons. The first-order valence-corrected chi connectivity index (χ1v) is 5.65. The minimum absolute atomic E-state index is 0.0181. The van der Waals surface area contributed by atoms with Crippen LogP contribution in [0.25, 0.3) is 0 Å². The highest BCUT2D eigenvalue weighted by molar-refractivity contribution is 6.15. The number of amides is 1. The predicted octanol–water partition coefficient (Wildman–Crippen LogP) is 1.78. The Morgan fingerprint density at radius 1 is 1.18 bits per heavy atom. The van der Waals surface area contributed by atoms with Crippen molar-refractivity contribution in [3.05, 3.63) is 24.3 Å². The van der Waals surface area contributed by atoms with Gasteiger partial charge in [0.15, 0.2) is 5.78 Å². The molecule has 0 saturated carbocycles. The summed E-state index contributed by atoms with van der Waals surface area (Å²) in [6, 6.07) is 7.22. The zero-order chi connectivity index (χ0) is 12.4. The van der Waals surface area contributed by atoms with Crippen molar-refractivity contribution in [2.24, 2.45) is 0 Å². The molecule has 1 aliphatic heterocycles. The Labute approximate surface area is 100 Å². The summed E-state index contributed by atoms with van der Waals surface area (Å²) in [5.74, 6) is 0.603. The van der Waals surface area contributed by atoms with Crippen LogP contribution < -0.4 is 9.64 Å². The van der Waals surface area contributed by atoms with Gasteiger partial charge in [0.05, 0.1) is 19.1 Å². The molecule has 17 heavy (non-hydrogen) atoms. The van der Waals surface area contributed by atoms with E-state index in [1.54, 1.807) is 12.1 Å². The zero-order valence-corrected chi connectivity index (χ0v) is 9.97. The fourth-order valence-corrected chi connectivity index (χ4v) is 1.80. The fraction of sp³-hybridized carbons (Fsp3) is 0.385. The van der Waals surface area contributed by atoms with Gasteiger partial charge in [0.2, 0.25) is 5.91 Å². The van der Waals surface area contributed by atoms with Crippen LogP contribution in [0.4, 0.5) is 5.69 Å². The Balaban J connectivity index is 2.13. The number of Topliss-reactive ketones (excluding diaryl/α,β-unsaturated/α-hetero) is 1. The van der Waals surface area contributed by atoms with Crippen LogP contribution in [-0.2, 0) is 9.59 Å². The number of anilines is 1. The molecule has 2 rings (SSSR count). The maximum Gasteiger partial charge on any atom is 0.234 e. The molecule has 1 saturated heterocycles. The van der Waals surface area contributed by atoms with Gasteiger partial charge < -0.3 is 9.64 Å². The SMILES string of the molecule is CC(C)Oc1ccc(N2CC(=O)CC2=O)cc1. The van der Waals surface area contributed by atoms with E-state index in [0.29, 0.717) is 0 Å². The standard InChI is InChI=1S/C13H15NO3/c1-9(2)17-12-5-3-10(4-6-12)14-8-11(15)7-13(14)16/h3-6,9H,7-8H2,1-2H3. The molecular weight excluding hydrogens is 218 g/mol.